The van der Waals surface area contributed by atoms with Gasteiger partial charge in [0.15, 0.2) is 0 Å². The zero-order valence-corrected chi connectivity index (χ0v) is 23.8. The Morgan fingerprint density at radius 2 is 1.89 bits per heavy atom. The summed E-state index contributed by atoms with van der Waals surface area (Å²) in [6.07, 6.45) is 3.57. The number of hydrogen-bond acceptors (Lipinski definition) is 8. The molecule has 4 heterocycles. The summed E-state index contributed by atoms with van der Waals surface area (Å²) in [7, 11) is 0. The topological polar surface area (TPSA) is 105 Å². The molecule has 3 atom stereocenters. The molecule has 5 rings (SSSR count). The summed E-state index contributed by atoms with van der Waals surface area (Å²) in [5, 5.41) is 7.08. The molecule has 204 valence electrons. The van der Waals surface area contributed by atoms with Crippen LogP contribution in [0.15, 0.2) is 22.7 Å². The fourth-order valence-corrected chi connectivity index (χ4v) is 7.61. The van der Waals surface area contributed by atoms with Crippen LogP contribution >= 0.6 is 35.0 Å². The van der Waals surface area contributed by atoms with Crippen molar-refractivity contribution in [3.63, 3.8) is 0 Å². The van der Waals surface area contributed by atoms with Gasteiger partial charge in [-0.1, -0.05) is 40.8 Å². The molecule has 1 aromatic heterocycles. The van der Waals surface area contributed by atoms with Crippen LogP contribution in [-0.2, 0) is 14.3 Å². The number of thioether (sulfide) groups is 1. The Kier molecular flexibility index (Phi) is 7.70. The van der Waals surface area contributed by atoms with E-state index in [4.69, 9.17) is 32.5 Å². The minimum absolute atomic E-state index is 0.155. The SMILES string of the molecule is Cc1onc(-c2c(Cl)cccc2Cl)c1C(=O)N[C@@H]1C(=O)N2[C@@H]1SC(C)(C)[C@@H]2C(=O)OCCN1CCCCC1. The van der Waals surface area contributed by atoms with E-state index in [1.54, 1.807) is 25.1 Å². The van der Waals surface area contributed by atoms with E-state index in [2.05, 4.69) is 15.4 Å². The highest BCUT2D eigenvalue weighted by atomic mass is 35.5. The van der Waals surface area contributed by atoms with Gasteiger partial charge in [-0.2, -0.15) is 0 Å². The zero-order chi connectivity index (χ0) is 27.2. The van der Waals surface area contributed by atoms with Crippen molar-refractivity contribution in [3.8, 4) is 11.3 Å². The molecule has 38 heavy (non-hydrogen) atoms. The second-order valence-corrected chi connectivity index (χ2v) is 12.9. The molecule has 0 spiro atoms. The van der Waals surface area contributed by atoms with Crippen LogP contribution in [0.3, 0.4) is 0 Å². The van der Waals surface area contributed by atoms with Gasteiger partial charge in [0.2, 0.25) is 5.91 Å². The number of ether oxygens (including phenoxy) is 1. The lowest BCUT2D eigenvalue weighted by Crippen LogP contribution is -2.70. The number of hydrogen-bond donors (Lipinski definition) is 1. The summed E-state index contributed by atoms with van der Waals surface area (Å²) in [5.41, 5.74) is 0.735. The van der Waals surface area contributed by atoms with Crippen molar-refractivity contribution < 1.29 is 23.6 Å². The number of nitrogens with one attached hydrogen (secondary N) is 1. The number of piperidine rings is 1. The predicted molar refractivity (Wildman–Crippen MR) is 145 cm³/mol. The van der Waals surface area contributed by atoms with Crippen molar-refractivity contribution in [2.45, 2.75) is 62.2 Å². The number of β-lactam (4-membered cyclic amide) rings is 1. The number of halogens is 2. The van der Waals surface area contributed by atoms with Crippen LogP contribution in [-0.4, -0.2) is 81.2 Å². The van der Waals surface area contributed by atoms with Crippen LogP contribution < -0.4 is 5.32 Å². The highest BCUT2D eigenvalue weighted by Gasteiger charge is 2.64. The lowest BCUT2D eigenvalue weighted by Gasteiger charge is -2.44. The molecular weight excluding hydrogens is 551 g/mol. The fourth-order valence-electron chi connectivity index (χ4n) is 5.41. The Balaban J connectivity index is 1.27. The number of nitrogens with zero attached hydrogens (tertiary/aromatic N) is 3. The van der Waals surface area contributed by atoms with Crippen LogP contribution in [0.25, 0.3) is 11.3 Å². The predicted octanol–water partition coefficient (Wildman–Crippen LogP) is 4.15. The Morgan fingerprint density at radius 1 is 1.21 bits per heavy atom. The van der Waals surface area contributed by atoms with E-state index in [0.717, 1.165) is 13.1 Å². The number of aromatic nitrogens is 1. The third-order valence-electron chi connectivity index (χ3n) is 7.34. The molecule has 0 unspecified atom stereocenters. The zero-order valence-electron chi connectivity index (χ0n) is 21.5. The Labute approximate surface area is 235 Å². The number of benzene rings is 1. The van der Waals surface area contributed by atoms with Gasteiger partial charge in [-0.15, -0.1) is 11.8 Å². The lowest BCUT2D eigenvalue weighted by atomic mass is 9.95. The van der Waals surface area contributed by atoms with E-state index in [1.165, 1.54) is 35.9 Å². The molecule has 2 amide bonds. The Morgan fingerprint density at radius 3 is 2.58 bits per heavy atom. The fraction of sp³-hybridized carbons (Fsp3) is 0.538. The third kappa shape index (κ3) is 4.92. The molecule has 1 aromatic carbocycles. The van der Waals surface area contributed by atoms with E-state index in [0.29, 0.717) is 28.8 Å². The first-order valence-electron chi connectivity index (χ1n) is 12.7. The second kappa shape index (κ2) is 10.7. The van der Waals surface area contributed by atoms with E-state index in [-0.39, 0.29) is 22.9 Å². The molecule has 3 fully saturated rings. The number of esters is 1. The molecule has 1 N–H and O–H groups in total. The van der Waals surface area contributed by atoms with E-state index in [1.807, 2.05) is 13.8 Å². The molecule has 0 radical (unpaired) electrons. The minimum Gasteiger partial charge on any atom is -0.463 e. The van der Waals surface area contributed by atoms with Gasteiger partial charge in [0, 0.05) is 16.9 Å². The molecule has 2 aromatic rings. The number of rotatable bonds is 7. The Bertz CT molecular complexity index is 1240. The number of amides is 2. The van der Waals surface area contributed by atoms with E-state index < -0.39 is 34.1 Å². The third-order valence-corrected chi connectivity index (χ3v) is 9.54. The molecule has 3 saturated heterocycles. The monoisotopic (exact) mass is 580 g/mol. The first kappa shape index (κ1) is 27.3. The van der Waals surface area contributed by atoms with Crippen molar-refractivity contribution in [1.29, 1.82) is 0 Å². The maximum absolute atomic E-state index is 13.4. The largest absolute Gasteiger partial charge is 0.463 e. The van der Waals surface area contributed by atoms with Gasteiger partial charge in [0.05, 0.1) is 10.0 Å². The number of aryl methyl sites for hydroxylation is 1. The van der Waals surface area contributed by atoms with Gasteiger partial charge in [0.1, 0.15) is 41.1 Å². The van der Waals surface area contributed by atoms with Crippen LogP contribution in [0.1, 0.15) is 49.2 Å². The van der Waals surface area contributed by atoms with Crippen LogP contribution in [0, 0.1) is 6.92 Å². The summed E-state index contributed by atoms with van der Waals surface area (Å²) < 4.78 is 10.3. The van der Waals surface area contributed by atoms with Crippen molar-refractivity contribution in [1.82, 2.24) is 20.3 Å². The first-order chi connectivity index (χ1) is 18.1. The maximum Gasteiger partial charge on any atom is 0.330 e. The smallest absolute Gasteiger partial charge is 0.330 e. The summed E-state index contributed by atoms with van der Waals surface area (Å²) in [5.74, 6) is -0.998. The van der Waals surface area contributed by atoms with Gasteiger partial charge < -0.3 is 19.5 Å². The summed E-state index contributed by atoms with van der Waals surface area (Å²) in [6.45, 7) is 8.47. The molecule has 9 nitrogen and oxygen atoms in total. The molecule has 0 aliphatic carbocycles. The van der Waals surface area contributed by atoms with Gasteiger partial charge in [-0.3, -0.25) is 14.5 Å². The summed E-state index contributed by atoms with van der Waals surface area (Å²) >= 11 is 14.2. The van der Waals surface area contributed by atoms with Crippen LogP contribution in [0.2, 0.25) is 10.0 Å². The van der Waals surface area contributed by atoms with Crippen LogP contribution in [0.4, 0.5) is 0 Å². The second-order valence-electron chi connectivity index (χ2n) is 10.3. The molecule has 0 saturated carbocycles. The van der Waals surface area contributed by atoms with Gasteiger partial charge in [-0.05, 0) is 58.8 Å². The average Bonchev–Trinajstić information content (AvgIpc) is 3.37. The summed E-state index contributed by atoms with van der Waals surface area (Å²) in [4.78, 5) is 43.5. The maximum atomic E-state index is 13.4. The van der Waals surface area contributed by atoms with Crippen molar-refractivity contribution in [2.75, 3.05) is 26.2 Å². The molecule has 12 heteroatoms. The molecule has 3 aliphatic heterocycles. The molecule has 0 bridgehead atoms. The number of carbonyl (C=O) groups excluding carboxylic acids is 3. The number of fused-ring (bicyclic) bond motifs is 1. The van der Waals surface area contributed by atoms with Gasteiger partial charge >= 0.3 is 5.97 Å². The highest BCUT2D eigenvalue weighted by Crippen LogP contribution is 2.51. The quantitative estimate of drug-likeness (QED) is 0.384. The van der Waals surface area contributed by atoms with E-state index >= 15 is 0 Å². The van der Waals surface area contributed by atoms with Crippen molar-refractivity contribution >= 4 is 52.7 Å². The normalized spacial score (nSPS) is 24.6. The highest BCUT2D eigenvalue weighted by molar-refractivity contribution is 8.01. The van der Waals surface area contributed by atoms with Crippen molar-refractivity contribution in [2.24, 2.45) is 0 Å². The van der Waals surface area contributed by atoms with Gasteiger partial charge in [-0.25, -0.2) is 4.79 Å². The average molecular weight is 582 g/mol. The van der Waals surface area contributed by atoms with Crippen LogP contribution in [0.5, 0.6) is 0 Å². The van der Waals surface area contributed by atoms with Gasteiger partial charge in [0.25, 0.3) is 5.91 Å². The molecular formula is C26H30Cl2N4O5S. The Hall–Kier alpha value is -2.27. The standard InChI is InChI=1S/C26H30Cl2N4O5S/c1-14-17(19(30-37-14)18-15(27)8-7-9-16(18)28)22(33)29-20-23(34)32-21(26(2,3)38-24(20)32)25(35)36-13-12-31-10-5-4-6-11-31/h7-9,20-21,24H,4-6,10-13H2,1-3H3,(H,29,33)/t20-,21+,24-/m1/s1. The van der Waals surface area contributed by atoms with E-state index in [9.17, 15) is 14.4 Å². The minimum atomic E-state index is -0.804. The number of likely N-dealkylation sites (tertiary alicyclic amines) is 1. The number of carbonyl (C=O) groups is 3. The first-order valence-corrected chi connectivity index (χ1v) is 14.3. The van der Waals surface area contributed by atoms with Crippen molar-refractivity contribution in [3.05, 3.63) is 39.6 Å². The summed E-state index contributed by atoms with van der Waals surface area (Å²) in [6, 6.07) is 3.45. The molecule has 3 aliphatic rings. The lowest BCUT2D eigenvalue weighted by molar-refractivity contribution is -0.163.